The topological polar surface area (TPSA) is 61.4 Å². The lowest BCUT2D eigenvalue weighted by Crippen LogP contribution is -2.34. The third-order valence-electron chi connectivity index (χ3n) is 4.10. The fourth-order valence-corrected chi connectivity index (χ4v) is 3.17. The van der Waals surface area contributed by atoms with Crippen LogP contribution in [0, 0.1) is 0 Å². The minimum Gasteiger partial charge on any atom is -0.339 e. The van der Waals surface area contributed by atoms with Crippen LogP contribution in [-0.4, -0.2) is 34.9 Å². The Balaban J connectivity index is 1.57. The molecule has 0 radical (unpaired) electrons. The average molecular weight is 388 g/mol. The molecule has 1 heterocycles. The molecular weight excluding hydrogens is 370 g/mol. The number of anilines is 1. The predicted molar refractivity (Wildman–Crippen MR) is 107 cm³/mol. The molecule has 0 aromatic heterocycles. The molecule has 2 amide bonds. The minimum absolute atomic E-state index is 0.0471. The second kappa shape index (κ2) is 8.29. The lowest BCUT2D eigenvalue weighted by atomic mass is 10.2. The molecule has 1 fully saturated rings. The van der Waals surface area contributed by atoms with Crippen molar-refractivity contribution in [1.29, 1.82) is 0 Å². The second-order valence-corrected chi connectivity index (χ2v) is 6.84. The first-order valence-electron chi connectivity index (χ1n) is 8.30. The van der Waals surface area contributed by atoms with Gasteiger partial charge in [0.15, 0.2) is 5.11 Å². The third kappa shape index (κ3) is 4.59. The Morgan fingerprint density at radius 2 is 1.69 bits per heavy atom. The van der Waals surface area contributed by atoms with E-state index in [4.69, 9.17) is 23.8 Å². The Hall–Kier alpha value is -2.44. The number of thiocarbonyl (C=S) groups is 1. The van der Waals surface area contributed by atoms with Crippen LogP contribution in [0.15, 0.2) is 48.5 Å². The van der Waals surface area contributed by atoms with Crippen molar-refractivity contribution in [1.82, 2.24) is 10.2 Å². The molecule has 0 bridgehead atoms. The van der Waals surface area contributed by atoms with Crippen LogP contribution in [-0.2, 0) is 0 Å². The second-order valence-electron chi connectivity index (χ2n) is 6.00. The van der Waals surface area contributed by atoms with Crippen LogP contribution >= 0.6 is 23.8 Å². The van der Waals surface area contributed by atoms with E-state index in [0.717, 1.165) is 25.9 Å². The lowest BCUT2D eigenvalue weighted by Gasteiger charge is -2.15. The molecule has 0 saturated carbocycles. The van der Waals surface area contributed by atoms with Gasteiger partial charge in [-0.05, 0) is 67.5 Å². The summed E-state index contributed by atoms with van der Waals surface area (Å²) in [7, 11) is 0. The quantitative estimate of drug-likeness (QED) is 0.788. The Labute approximate surface area is 162 Å². The summed E-state index contributed by atoms with van der Waals surface area (Å²) in [5.74, 6) is -0.295. The van der Waals surface area contributed by atoms with E-state index < -0.39 is 0 Å². The Bertz CT molecular complexity index is 833. The standard InChI is InChI=1S/C19H18ClN3O2S/c20-15-5-3-4-14(12-15)17(24)22-19(26)21-16-8-6-13(7-9-16)18(25)23-10-1-2-11-23/h3-9,12H,1-2,10-11H2,(H2,21,22,24,26). The monoisotopic (exact) mass is 387 g/mol. The van der Waals surface area contributed by atoms with E-state index in [-0.39, 0.29) is 16.9 Å². The van der Waals surface area contributed by atoms with Gasteiger partial charge in [0.1, 0.15) is 0 Å². The number of benzene rings is 2. The highest BCUT2D eigenvalue weighted by molar-refractivity contribution is 7.80. The predicted octanol–water partition coefficient (Wildman–Crippen LogP) is 3.70. The zero-order valence-corrected chi connectivity index (χ0v) is 15.6. The Kier molecular flexibility index (Phi) is 5.85. The molecule has 7 heteroatoms. The van der Waals surface area contributed by atoms with Gasteiger partial charge in [-0.1, -0.05) is 17.7 Å². The van der Waals surface area contributed by atoms with Crippen LogP contribution in [0.4, 0.5) is 5.69 Å². The number of nitrogens with one attached hydrogen (secondary N) is 2. The molecule has 0 atom stereocenters. The van der Waals surface area contributed by atoms with Crippen molar-refractivity contribution in [3.8, 4) is 0 Å². The zero-order chi connectivity index (χ0) is 18.5. The molecule has 1 aliphatic rings. The van der Waals surface area contributed by atoms with E-state index in [1.165, 1.54) is 0 Å². The number of amides is 2. The van der Waals surface area contributed by atoms with E-state index in [2.05, 4.69) is 10.6 Å². The van der Waals surface area contributed by atoms with E-state index in [0.29, 0.717) is 21.8 Å². The molecule has 134 valence electrons. The summed E-state index contributed by atoms with van der Waals surface area (Å²) in [6.45, 7) is 1.64. The van der Waals surface area contributed by atoms with Gasteiger partial charge in [0.2, 0.25) is 0 Å². The zero-order valence-electron chi connectivity index (χ0n) is 14.0. The van der Waals surface area contributed by atoms with Crippen molar-refractivity contribution in [2.24, 2.45) is 0 Å². The smallest absolute Gasteiger partial charge is 0.257 e. The maximum absolute atomic E-state index is 12.3. The summed E-state index contributed by atoms with van der Waals surface area (Å²) in [5.41, 5.74) is 1.76. The summed E-state index contributed by atoms with van der Waals surface area (Å²) in [6, 6.07) is 13.7. The molecule has 3 rings (SSSR count). The molecule has 2 aromatic carbocycles. The van der Waals surface area contributed by atoms with Gasteiger partial charge < -0.3 is 10.2 Å². The molecule has 0 unspecified atom stereocenters. The summed E-state index contributed by atoms with van der Waals surface area (Å²) in [5, 5.41) is 6.19. The maximum Gasteiger partial charge on any atom is 0.257 e. The molecule has 0 spiro atoms. The van der Waals surface area contributed by atoms with Gasteiger partial charge in [-0.3, -0.25) is 14.9 Å². The van der Waals surface area contributed by atoms with E-state index in [1.807, 2.05) is 4.90 Å². The number of hydrogen-bond donors (Lipinski definition) is 2. The normalized spacial score (nSPS) is 13.3. The van der Waals surface area contributed by atoms with Crippen LogP contribution in [0.25, 0.3) is 0 Å². The van der Waals surface area contributed by atoms with Crippen LogP contribution in [0.5, 0.6) is 0 Å². The molecule has 2 N–H and O–H groups in total. The first-order chi connectivity index (χ1) is 12.5. The van der Waals surface area contributed by atoms with E-state index in [1.54, 1.807) is 48.5 Å². The molecule has 2 aromatic rings. The van der Waals surface area contributed by atoms with Crippen molar-refractivity contribution in [2.75, 3.05) is 18.4 Å². The number of likely N-dealkylation sites (tertiary alicyclic amines) is 1. The molecular formula is C19H18ClN3O2S. The van der Waals surface area contributed by atoms with Crippen LogP contribution in [0.1, 0.15) is 33.6 Å². The fraction of sp³-hybridized carbons (Fsp3) is 0.211. The highest BCUT2D eigenvalue weighted by atomic mass is 35.5. The van der Waals surface area contributed by atoms with Gasteiger partial charge >= 0.3 is 0 Å². The largest absolute Gasteiger partial charge is 0.339 e. The highest BCUT2D eigenvalue weighted by Gasteiger charge is 2.19. The minimum atomic E-state index is -0.342. The maximum atomic E-state index is 12.3. The number of nitrogens with zero attached hydrogens (tertiary/aromatic N) is 1. The van der Waals surface area contributed by atoms with E-state index in [9.17, 15) is 9.59 Å². The summed E-state index contributed by atoms with van der Waals surface area (Å²) < 4.78 is 0. The fourth-order valence-electron chi connectivity index (χ4n) is 2.77. The highest BCUT2D eigenvalue weighted by Crippen LogP contribution is 2.15. The van der Waals surface area contributed by atoms with Gasteiger partial charge in [0.05, 0.1) is 0 Å². The summed E-state index contributed by atoms with van der Waals surface area (Å²) in [6.07, 6.45) is 2.12. The summed E-state index contributed by atoms with van der Waals surface area (Å²) >= 11 is 11.0. The van der Waals surface area contributed by atoms with E-state index >= 15 is 0 Å². The number of hydrogen-bond acceptors (Lipinski definition) is 3. The molecule has 0 aliphatic carbocycles. The van der Waals surface area contributed by atoms with Gasteiger partial charge in [-0.2, -0.15) is 0 Å². The van der Waals surface area contributed by atoms with Gasteiger partial charge in [0.25, 0.3) is 11.8 Å². The van der Waals surface area contributed by atoms with Crippen molar-refractivity contribution in [3.63, 3.8) is 0 Å². The Morgan fingerprint density at radius 1 is 1.00 bits per heavy atom. The first-order valence-corrected chi connectivity index (χ1v) is 9.09. The number of carbonyl (C=O) groups is 2. The third-order valence-corrected chi connectivity index (χ3v) is 4.54. The number of rotatable bonds is 3. The number of carbonyl (C=O) groups excluding carboxylic acids is 2. The van der Waals surface area contributed by atoms with Crippen molar-refractivity contribution in [3.05, 3.63) is 64.7 Å². The average Bonchev–Trinajstić information content (AvgIpc) is 3.16. The SMILES string of the molecule is O=C(NC(=S)Nc1ccc(C(=O)N2CCCC2)cc1)c1cccc(Cl)c1. The van der Waals surface area contributed by atoms with Crippen molar-refractivity contribution >= 4 is 46.4 Å². The van der Waals surface area contributed by atoms with Gasteiger partial charge in [0, 0.05) is 34.9 Å². The van der Waals surface area contributed by atoms with Crippen LogP contribution in [0.2, 0.25) is 5.02 Å². The first kappa shape index (κ1) is 18.4. The molecule has 26 heavy (non-hydrogen) atoms. The van der Waals surface area contributed by atoms with Crippen LogP contribution in [0.3, 0.4) is 0 Å². The van der Waals surface area contributed by atoms with Gasteiger partial charge in [-0.15, -0.1) is 0 Å². The van der Waals surface area contributed by atoms with Gasteiger partial charge in [-0.25, -0.2) is 0 Å². The van der Waals surface area contributed by atoms with Crippen LogP contribution < -0.4 is 10.6 Å². The van der Waals surface area contributed by atoms with Crippen molar-refractivity contribution < 1.29 is 9.59 Å². The molecule has 5 nitrogen and oxygen atoms in total. The Morgan fingerprint density at radius 3 is 2.35 bits per heavy atom. The molecule has 1 aliphatic heterocycles. The number of halogens is 1. The summed E-state index contributed by atoms with van der Waals surface area (Å²) in [4.78, 5) is 26.3. The lowest BCUT2D eigenvalue weighted by molar-refractivity contribution is 0.0792. The van der Waals surface area contributed by atoms with Crippen molar-refractivity contribution in [2.45, 2.75) is 12.8 Å². The molecule has 1 saturated heterocycles.